The number of nitrogens with one attached hydrogen (secondary N) is 1. The van der Waals surface area contributed by atoms with Gasteiger partial charge in [-0.05, 0) is 37.5 Å². The van der Waals surface area contributed by atoms with Gasteiger partial charge in [0.15, 0.2) is 0 Å². The van der Waals surface area contributed by atoms with Crippen molar-refractivity contribution in [2.45, 2.75) is 70.7 Å². The summed E-state index contributed by atoms with van der Waals surface area (Å²) in [6.45, 7) is 6.14. The predicted octanol–water partition coefficient (Wildman–Crippen LogP) is 2.90. The number of rotatable bonds is 9. The lowest BCUT2D eigenvalue weighted by molar-refractivity contribution is -0.134. The third kappa shape index (κ3) is 5.01. The van der Waals surface area contributed by atoms with Gasteiger partial charge in [-0.25, -0.2) is 0 Å². The Bertz CT molecular complexity index is 646. The van der Waals surface area contributed by atoms with Crippen molar-refractivity contribution >= 4 is 11.8 Å². The topological polar surface area (TPSA) is 67.9 Å². The highest BCUT2D eigenvalue weighted by Crippen LogP contribution is 2.32. The molecule has 1 aliphatic heterocycles. The average Bonchev–Trinajstić information content (AvgIpc) is 3.00. The van der Waals surface area contributed by atoms with Crippen molar-refractivity contribution in [3.05, 3.63) is 29.8 Å². The Morgan fingerprint density at radius 3 is 2.52 bits per heavy atom. The van der Waals surface area contributed by atoms with Crippen molar-refractivity contribution in [3.8, 4) is 5.75 Å². The van der Waals surface area contributed by atoms with Gasteiger partial charge in [-0.1, -0.05) is 25.5 Å². The van der Waals surface area contributed by atoms with Crippen molar-refractivity contribution in [2.24, 2.45) is 0 Å². The summed E-state index contributed by atoms with van der Waals surface area (Å²) in [5, 5.41) is 3.07. The van der Waals surface area contributed by atoms with Gasteiger partial charge in [0.25, 0.3) is 0 Å². The second-order valence-electron chi connectivity index (χ2n) is 7.42. The van der Waals surface area contributed by atoms with E-state index in [1.54, 1.807) is 14.2 Å². The summed E-state index contributed by atoms with van der Waals surface area (Å²) in [7, 11) is 3.31. The van der Waals surface area contributed by atoms with Crippen LogP contribution in [0.5, 0.6) is 5.75 Å². The maximum Gasteiger partial charge on any atom is 0.223 e. The average molecular weight is 376 g/mol. The molecule has 1 fully saturated rings. The van der Waals surface area contributed by atoms with E-state index in [0.29, 0.717) is 19.4 Å². The Labute approximate surface area is 162 Å². The number of carbonyl (C=O) groups excluding carboxylic acids is 2. The second-order valence-corrected chi connectivity index (χ2v) is 7.42. The van der Waals surface area contributed by atoms with Crippen molar-refractivity contribution in [1.82, 2.24) is 10.2 Å². The molecule has 2 rings (SSSR count). The zero-order valence-corrected chi connectivity index (χ0v) is 17.1. The number of carbonyl (C=O) groups is 2. The lowest BCUT2D eigenvalue weighted by Crippen LogP contribution is -2.61. The highest BCUT2D eigenvalue weighted by molar-refractivity contribution is 5.79. The van der Waals surface area contributed by atoms with Crippen molar-refractivity contribution < 1.29 is 19.1 Å². The largest absolute Gasteiger partial charge is 0.497 e. The maximum atomic E-state index is 12.6. The lowest BCUT2D eigenvalue weighted by Gasteiger charge is -2.43. The molecule has 3 atom stereocenters. The quantitative estimate of drug-likeness (QED) is 0.720. The Hall–Kier alpha value is -2.08. The first-order valence-electron chi connectivity index (χ1n) is 9.59. The van der Waals surface area contributed by atoms with E-state index in [1.165, 1.54) is 6.92 Å². The van der Waals surface area contributed by atoms with Gasteiger partial charge in [-0.2, -0.15) is 0 Å². The van der Waals surface area contributed by atoms with Crippen molar-refractivity contribution in [3.63, 3.8) is 0 Å². The minimum absolute atomic E-state index is 0.0972. The normalized spacial score (nSPS) is 20.3. The molecule has 0 saturated carbocycles. The maximum absolute atomic E-state index is 12.6. The van der Waals surface area contributed by atoms with Crippen LogP contribution in [-0.4, -0.2) is 48.6 Å². The molecule has 2 amide bonds. The molecule has 0 spiro atoms. The molecule has 6 nitrogen and oxygen atoms in total. The Morgan fingerprint density at radius 1 is 1.33 bits per heavy atom. The van der Waals surface area contributed by atoms with Crippen LogP contribution in [0.4, 0.5) is 0 Å². The Morgan fingerprint density at radius 2 is 2.00 bits per heavy atom. The third-order valence-electron chi connectivity index (χ3n) is 5.50. The van der Waals surface area contributed by atoms with E-state index < -0.39 is 5.60 Å². The van der Waals surface area contributed by atoms with Gasteiger partial charge in [-0.3, -0.25) is 9.59 Å². The SMILES string of the molecule is CCC[C@](C)(OC)[C@H](NC(C)=O)[C@H]1CCC(=O)N1Cc1ccc(OC)cc1. The van der Waals surface area contributed by atoms with Crippen LogP contribution < -0.4 is 10.1 Å². The van der Waals surface area contributed by atoms with Crippen LogP contribution >= 0.6 is 0 Å². The molecule has 27 heavy (non-hydrogen) atoms. The number of amides is 2. The van der Waals surface area contributed by atoms with E-state index in [-0.39, 0.29) is 23.9 Å². The van der Waals surface area contributed by atoms with E-state index in [1.807, 2.05) is 36.1 Å². The summed E-state index contributed by atoms with van der Waals surface area (Å²) in [5.41, 5.74) is 0.501. The van der Waals surface area contributed by atoms with E-state index in [9.17, 15) is 9.59 Å². The molecule has 0 aromatic heterocycles. The fourth-order valence-corrected chi connectivity index (χ4v) is 3.99. The van der Waals surface area contributed by atoms with Gasteiger partial charge in [-0.15, -0.1) is 0 Å². The fourth-order valence-electron chi connectivity index (χ4n) is 3.99. The van der Waals surface area contributed by atoms with E-state index in [0.717, 1.165) is 24.2 Å². The Balaban J connectivity index is 2.28. The summed E-state index contributed by atoms with van der Waals surface area (Å²) < 4.78 is 11.1. The molecule has 1 aromatic carbocycles. The minimum atomic E-state index is -0.534. The van der Waals surface area contributed by atoms with Crippen LogP contribution in [0.3, 0.4) is 0 Å². The fraction of sp³-hybridized carbons (Fsp3) is 0.619. The predicted molar refractivity (Wildman–Crippen MR) is 104 cm³/mol. The molecule has 1 aromatic rings. The summed E-state index contributed by atoms with van der Waals surface area (Å²) >= 11 is 0. The van der Waals surface area contributed by atoms with Crippen molar-refractivity contribution in [2.75, 3.05) is 14.2 Å². The molecule has 0 unspecified atom stereocenters. The molecular weight excluding hydrogens is 344 g/mol. The summed E-state index contributed by atoms with van der Waals surface area (Å²) in [4.78, 5) is 26.4. The summed E-state index contributed by atoms with van der Waals surface area (Å²) in [6, 6.07) is 7.37. The molecule has 0 aliphatic carbocycles. The van der Waals surface area contributed by atoms with Gasteiger partial charge < -0.3 is 19.7 Å². The van der Waals surface area contributed by atoms with Gasteiger partial charge in [0.2, 0.25) is 11.8 Å². The van der Waals surface area contributed by atoms with Gasteiger partial charge in [0.05, 0.1) is 24.8 Å². The minimum Gasteiger partial charge on any atom is -0.497 e. The number of hydrogen-bond acceptors (Lipinski definition) is 4. The van der Waals surface area contributed by atoms with Gasteiger partial charge in [0, 0.05) is 27.0 Å². The lowest BCUT2D eigenvalue weighted by atomic mass is 9.84. The number of nitrogens with zero attached hydrogens (tertiary/aromatic N) is 1. The first-order chi connectivity index (χ1) is 12.8. The van der Waals surface area contributed by atoms with Crippen LogP contribution in [0.2, 0.25) is 0 Å². The Kier molecular flexibility index (Phi) is 7.25. The first-order valence-corrected chi connectivity index (χ1v) is 9.59. The third-order valence-corrected chi connectivity index (χ3v) is 5.50. The molecule has 6 heteroatoms. The van der Waals surface area contributed by atoms with E-state index in [4.69, 9.17) is 9.47 Å². The van der Waals surface area contributed by atoms with Gasteiger partial charge >= 0.3 is 0 Å². The smallest absolute Gasteiger partial charge is 0.223 e. The van der Waals surface area contributed by atoms with Crippen molar-refractivity contribution in [1.29, 1.82) is 0 Å². The monoisotopic (exact) mass is 376 g/mol. The van der Waals surface area contributed by atoms with Crippen LogP contribution in [0, 0.1) is 0 Å². The molecule has 0 radical (unpaired) electrons. The molecule has 1 N–H and O–H groups in total. The molecule has 1 heterocycles. The summed E-state index contributed by atoms with van der Waals surface area (Å²) in [5.74, 6) is 0.790. The highest BCUT2D eigenvalue weighted by Gasteiger charge is 2.45. The molecule has 0 bridgehead atoms. The summed E-state index contributed by atoms with van der Waals surface area (Å²) in [6.07, 6.45) is 2.93. The highest BCUT2D eigenvalue weighted by atomic mass is 16.5. The number of ether oxygens (including phenoxy) is 2. The molecule has 1 aliphatic rings. The molecule has 1 saturated heterocycles. The number of hydrogen-bond donors (Lipinski definition) is 1. The molecule has 150 valence electrons. The van der Waals surface area contributed by atoms with Crippen LogP contribution in [0.15, 0.2) is 24.3 Å². The number of methoxy groups -OCH3 is 2. The number of benzene rings is 1. The zero-order chi connectivity index (χ0) is 20.0. The first kappa shape index (κ1) is 21.2. The van der Waals surface area contributed by atoms with Gasteiger partial charge in [0.1, 0.15) is 5.75 Å². The van der Waals surface area contributed by atoms with Crippen LogP contribution in [-0.2, 0) is 20.9 Å². The van der Waals surface area contributed by atoms with E-state index >= 15 is 0 Å². The standard InChI is InChI=1S/C21H32N2O4/c1-6-13-21(3,27-5)20(22-15(2)24)18-11-12-19(25)23(18)14-16-7-9-17(26-4)10-8-16/h7-10,18,20H,6,11-14H2,1-5H3,(H,22,24)/t18-,20-,21+/m1/s1. The van der Waals surface area contributed by atoms with E-state index in [2.05, 4.69) is 12.2 Å². The number of likely N-dealkylation sites (tertiary alicyclic amines) is 1. The second kappa shape index (κ2) is 9.22. The van der Waals surface area contributed by atoms with Crippen LogP contribution in [0.25, 0.3) is 0 Å². The van der Waals surface area contributed by atoms with Crippen LogP contribution in [0.1, 0.15) is 52.0 Å². The zero-order valence-electron chi connectivity index (χ0n) is 17.1. The molecular formula is C21H32N2O4.